The minimum Gasteiger partial charge on any atom is -0.454 e. The van der Waals surface area contributed by atoms with Crippen LogP contribution in [-0.2, 0) is 0 Å². The highest BCUT2D eigenvalue weighted by Gasteiger charge is 2.17. The Kier molecular flexibility index (Phi) is 4.14. The number of nitro groups is 1. The second-order valence-electron chi connectivity index (χ2n) is 6.15. The number of aromatic nitrogens is 1. The lowest BCUT2D eigenvalue weighted by molar-refractivity contribution is -0.384. The van der Waals surface area contributed by atoms with Gasteiger partial charge in [0.2, 0.25) is 6.79 Å². The average molecular weight is 425 g/mol. The molecule has 0 atom stereocenters. The van der Waals surface area contributed by atoms with E-state index in [1.807, 2.05) is 23.6 Å². The molecule has 0 radical (unpaired) electrons. The third-order valence-electron chi connectivity index (χ3n) is 4.33. The highest BCUT2D eigenvalue weighted by molar-refractivity contribution is 7.21. The number of carbonyl (C=O) groups is 1. The smallest absolute Gasteiger partial charge is 0.270 e. The highest BCUT2D eigenvalue weighted by Crippen LogP contribution is 2.37. The lowest BCUT2D eigenvalue weighted by Gasteiger charge is -2.00. The van der Waals surface area contributed by atoms with Crippen molar-refractivity contribution in [3.05, 3.63) is 62.8 Å². The number of carbonyl (C=O) groups excluding carboxylic acids is 1. The van der Waals surface area contributed by atoms with E-state index in [2.05, 4.69) is 10.3 Å². The van der Waals surface area contributed by atoms with Gasteiger partial charge in [-0.15, -0.1) is 22.7 Å². The number of amides is 1. The van der Waals surface area contributed by atoms with Crippen molar-refractivity contribution in [2.24, 2.45) is 0 Å². The maximum absolute atomic E-state index is 12.6. The summed E-state index contributed by atoms with van der Waals surface area (Å²) in [6.45, 7) is 0.204. The molecule has 0 saturated carbocycles. The molecule has 8 nitrogen and oxygen atoms in total. The molecule has 2 aromatic carbocycles. The molecule has 3 heterocycles. The lowest BCUT2D eigenvalue weighted by atomic mass is 10.1. The van der Waals surface area contributed by atoms with Crippen molar-refractivity contribution < 1.29 is 19.2 Å². The lowest BCUT2D eigenvalue weighted by Crippen LogP contribution is -2.09. The molecule has 2 aromatic heterocycles. The number of nitro benzene ring substituents is 1. The van der Waals surface area contributed by atoms with Crippen LogP contribution in [-0.4, -0.2) is 22.6 Å². The average Bonchev–Trinajstić information content (AvgIpc) is 3.45. The number of thiophene rings is 1. The molecule has 29 heavy (non-hydrogen) atoms. The molecule has 1 amide bonds. The summed E-state index contributed by atoms with van der Waals surface area (Å²) in [6.07, 6.45) is 0. The monoisotopic (exact) mass is 425 g/mol. The van der Waals surface area contributed by atoms with Gasteiger partial charge in [0.25, 0.3) is 11.6 Å². The Hall–Kier alpha value is -3.50. The van der Waals surface area contributed by atoms with E-state index in [1.165, 1.54) is 34.8 Å². The Morgan fingerprint density at radius 2 is 2.00 bits per heavy atom. The number of anilines is 1. The molecular weight excluding hydrogens is 414 g/mol. The van der Waals surface area contributed by atoms with E-state index in [9.17, 15) is 14.9 Å². The van der Waals surface area contributed by atoms with Crippen molar-refractivity contribution in [1.82, 2.24) is 4.98 Å². The van der Waals surface area contributed by atoms with Crippen LogP contribution in [0.5, 0.6) is 11.5 Å². The Balaban J connectivity index is 1.36. The zero-order valence-electron chi connectivity index (χ0n) is 14.6. The number of hydrogen-bond donors (Lipinski definition) is 1. The molecule has 0 bridgehead atoms. The van der Waals surface area contributed by atoms with Crippen molar-refractivity contribution in [2.45, 2.75) is 0 Å². The van der Waals surface area contributed by atoms with Crippen LogP contribution in [0.1, 0.15) is 9.67 Å². The first-order chi connectivity index (χ1) is 14.1. The first-order valence-corrected chi connectivity index (χ1v) is 10.1. The predicted octanol–water partition coefficient (Wildman–Crippen LogP) is 4.91. The topological polar surface area (TPSA) is 104 Å². The van der Waals surface area contributed by atoms with Gasteiger partial charge < -0.3 is 9.47 Å². The first-order valence-electron chi connectivity index (χ1n) is 8.42. The highest BCUT2D eigenvalue weighted by atomic mass is 32.1. The summed E-state index contributed by atoms with van der Waals surface area (Å²) in [5, 5.41) is 16.7. The van der Waals surface area contributed by atoms with E-state index in [4.69, 9.17) is 9.47 Å². The number of nitrogens with zero attached hydrogens (tertiary/aromatic N) is 2. The Bertz CT molecular complexity index is 1280. The maximum Gasteiger partial charge on any atom is 0.270 e. The second kappa shape index (κ2) is 6.83. The molecule has 1 aliphatic rings. The number of rotatable bonds is 4. The van der Waals surface area contributed by atoms with Crippen molar-refractivity contribution in [3.8, 4) is 22.8 Å². The molecule has 10 heteroatoms. The molecular formula is C19H11N3O5S2. The van der Waals surface area contributed by atoms with Gasteiger partial charge in [0, 0.05) is 33.2 Å². The van der Waals surface area contributed by atoms with E-state index >= 15 is 0 Å². The number of fused-ring (bicyclic) bond motifs is 2. The van der Waals surface area contributed by atoms with Gasteiger partial charge >= 0.3 is 0 Å². The quantitative estimate of drug-likeness (QED) is 0.368. The largest absolute Gasteiger partial charge is 0.454 e. The molecule has 1 aliphatic heterocycles. The third kappa shape index (κ3) is 3.28. The summed E-state index contributed by atoms with van der Waals surface area (Å²) in [7, 11) is 0. The zero-order chi connectivity index (χ0) is 20.0. The molecule has 0 unspecified atom stereocenters. The van der Waals surface area contributed by atoms with Gasteiger partial charge in [-0.1, -0.05) is 0 Å². The Morgan fingerprint density at radius 1 is 1.14 bits per heavy atom. The van der Waals surface area contributed by atoms with Crippen LogP contribution in [0.3, 0.4) is 0 Å². The molecule has 0 saturated heterocycles. The summed E-state index contributed by atoms with van der Waals surface area (Å²) in [6, 6.07) is 11.7. The van der Waals surface area contributed by atoms with E-state index in [0.29, 0.717) is 26.9 Å². The van der Waals surface area contributed by atoms with E-state index in [-0.39, 0.29) is 18.4 Å². The first kappa shape index (κ1) is 17.6. The van der Waals surface area contributed by atoms with Crippen molar-refractivity contribution in [2.75, 3.05) is 12.1 Å². The fraction of sp³-hybridized carbons (Fsp3) is 0.0526. The number of hydrogen-bond acceptors (Lipinski definition) is 8. The fourth-order valence-corrected chi connectivity index (χ4v) is 4.59. The number of benzene rings is 2. The minimum atomic E-state index is -0.454. The normalized spacial score (nSPS) is 12.3. The van der Waals surface area contributed by atoms with Gasteiger partial charge in [0.1, 0.15) is 0 Å². The van der Waals surface area contributed by atoms with Crippen molar-refractivity contribution >= 4 is 49.5 Å². The molecule has 0 spiro atoms. The van der Waals surface area contributed by atoms with E-state index in [0.717, 1.165) is 16.0 Å². The van der Waals surface area contributed by atoms with Crippen LogP contribution >= 0.6 is 22.7 Å². The fourth-order valence-electron chi connectivity index (χ4n) is 2.93. The van der Waals surface area contributed by atoms with E-state index in [1.54, 1.807) is 12.1 Å². The summed E-state index contributed by atoms with van der Waals surface area (Å²) < 4.78 is 11.5. The summed E-state index contributed by atoms with van der Waals surface area (Å²) in [5.74, 6) is 1.06. The van der Waals surface area contributed by atoms with Gasteiger partial charge in [-0.3, -0.25) is 20.2 Å². The van der Waals surface area contributed by atoms with Gasteiger partial charge in [-0.25, -0.2) is 4.98 Å². The molecule has 0 aliphatic carbocycles. The summed E-state index contributed by atoms with van der Waals surface area (Å²) in [4.78, 5) is 28.0. The Labute approximate surface area is 171 Å². The van der Waals surface area contributed by atoms with Crippen molar-refractivity contribution in [3.63, 3.8) is 0 Å². The van der Waals surface area contributed by atoms with Crippen molar-refractivity contribution in [1.29, 1.82) is 0 Å². The molecule has 5 rings (SSSR count). The number of nitrogens with one attached hydrogen (secondary N) is 1. The summed E-state index contributed by atoms with van der Waals surface area (Å²) >= 11 is 2.59. The van der Waals surface area contributed by atoms with Crippen LogP contribution in [0, 0.1) is 10.1 Å². The van der Waals surface area contributed by atoms with E-state index < -0.39 is 4.92 Å². The number of ether oxygens (including phenoxy) is 2. The van der Waals surface area contributed by atoms with Gasteiger partial charge in [-0.05, 0) is 30.3 Å². The van der Waals surface area contributed by atoms with Crippen LogP contribution in [0.15, 0.2) is 47.8 Å². The maximum atomic E-state index is 12.6. The zero-order valence-corrected chi connectivity index (χ0v) is 16.2. The molecule has 4 aromatic rings. The predicted molar refractivity (Wildman–Crippen MR) is 110 cm³/mol. The molecule has 1 N–H and O–H groups in total. The van der Waals surface area contributed by atoms with Gasteiger partial charge in [-0.2, -0.15) is 0 Å². The van der Waals surface area contributed by atoms with Gasteiger partial charge in [0.05, 0.1) is 15.5 Å². The Morgan fingerprint density at radius 3 is 2.86 bits per heavy atom. The number of thiazole rings is 1. The van der Waals surface area contributed by atoms with Crippen LogP contribution in [0.4, 0.5) is 10.8 Å². The van der Waals surface area contributed by atoms with Crippen LogP contribution < -0.4 is 14.8 Å². The van der Waals surface area contributed by atoms with Crippen LogP contribution in [0.2, 0.25) is 0 Å². The van der Waals surface area contributed by atoms with Crippen LogP contribution in [0.25, 0.3) is 21.3 Å². The summed E-state index contributed by atoms with van der Waals surface area (Å²) in [5.41, 5.74) is 1.58. The SMILES string of the molecule is O=C(Nc1nc(-c2ccc3c(c2)OCO3)cs1)c1cc2cc([N+](=O)[O-])ccc2s1. The standard InChI is InChI=1S/C19H11N3O5S2/c23-18(17-7-11-5-12(22(24)25)2-4-16(11)29-17)21-19-20-13(8-28-19)10-1-3-14-15(6-10)27-9-26-14/h1-8H,9H2,(H,20,21,23). The minimum absolute atomic E-state index is 0.00412. The second-order valence-corrected chi connectivity index (χ2v) is 8.09. The van der Waals surface area contributed by atoms with Gasteiger partial charge in [0.15, 0.2) is 16.6 Å². The molecule has 144 valence electrons. The third-order valence-corrected chi connectivity index (χ3v) is 6.20. The molecule has 0 fully saturated rings. The number of non-ortho nitro benzene ring substituents is 1.